The van der Waals surface area contributed by atoms with Crippen LogP contribution in [-0.4, -0.2) is 20.8 Å². The molecule has 1 aliphatic rings. The minimum absolute atomic E-state index is 0.0449. The third-order valence-electron chi connectivity index (χ3n) is 4.54. The Hall–Kier alpha value is -3.10. The second kappa shape index (κ2) is 7.14. The van der Waals surface area contributed by atoms with Gasteiger partial charge in [0.05, 0.1) is 21.2 Å². The third kappa shape index (κ3) is 3.06. The Labute approximate surface area is 169 Å². The van der Waals surface area contributed by atoms with E-state index in [2.05, 4.69) is 18.0 Å². The van der Waals surface area contributed by atoms with Gasteiger partial charge in [-0.05, 0) is 36.3 Å². The highest BCUT2D eigenvalue weighted by molar-refractivity contribution is 7.73. The lowest BCUT2D eigenvalue weighted by atomic mass is 10.0. The number of nitro benzene ring substituents is 1. The van der Waals surface area contributed by atoms with Crippen molar-refractivity contribution in [3.05, 3.63) is 72.5 Å². The molecule has 8 heteroatoms. The highest BCUT2D eigenvalue weighted by atomic mass is 32.1. The fourth-order valence-corrected chi connectivity index (χ4v) is 4.47. The van der Waals surface area contributed by atoms with E-state index in [-0.39, 0.29) is 11.6 Å². The standard InChI is InChI=1S/C20H15N3O3S2/c1-2-12-5-3-8-16-13(11-21-18(12)16)9-17-19(24)22(20(27)28-17)14-6-4-7-15(10-14)23(25)26/h3-11,24H,2H2,1H3. The first-order valence-corrected chi connectivity index (χ1v) is 9.79. The second-order valence-corrected chi connectivity index (χ2v) is 7.87. The minimum Gasteiger partial charge on any atom is -0.493 e. The SMILES string of the molecule is CCc1cccc2c1N=CC2=Cc1sc(=S)n(-c2cccc([N+](=O)[O-])c2)c1O. The Morgan fingerprint density at radius 1 is 1.32 bits per heavy atom. The molecule has 3 aromatic rings. The van der Waals surface area contributed by atoms with Crippen LogP contribution < -0.4 is 0 Å². The maximum absolute atomic E-state index is 11.0. The molecule has 140 valence electrons. The molecule has 2 heterocycles. The first-order chi connectivity index (χ1) is 13.5. The van der Waals surface area contributed by atoms with Gasteiger partial charge in [-0.25, -0.2) is 0 Å². The molecular formula is C20H15N3O3S2. The van der Waals surface area contributed by atoms with Crippen LogP contribution in [0.1, 0.15) is 22.9 Å². The lowest BCUT2D eigenvalue weighted by Crippen LogP contribution is -1.95. The Bertz CT molecular complexity index is 1220. The number of hydrogen-bond donors (Lipinski definition) is 1. The van der Waals surface area contributed by atoms with Gasteiger partial charge in [0, 0.05) is 29.5 Å². The smallest absolute Gasteiger partial charge is 0.271 e. The molecule has 0 amide bonds. The molecule has 0 fully saturated rings. The second-order valence-electron chi connectivity index (χ2n) is 6.19. The largest absolute Gasteiger partial charge is 0.493 e. The summed E-state index contributed by atoms with van der Waals surface area (Å²) in [5, 5.41) is 21.8. The summed E-state index contributed by atoms with van der Waals surface area (Å²) in [4.78, 5) is 15.7. The lowest BCUT2D eigenvalue weighted by Gasteiger charge is -2.05. The molecule has 1 aliphatic heterocycles. The maximum atomic E-state index is 11.0. The quantitative estimate of drug-likeness (QED) is 0.340. The van der Waals surface area contributed by atoms with Crippen LogP contribution in [-0.2, 0) is 6.42 Å². The molecule has 0 saturated carbocycles. The predicted molar refractivity (Wildman–Crippen MR) is 115 cm³/mol. The van der Waals surface area contributed by atoms with Crippen LogP contribution in [0.5, 0.6) is 5.88 Å². The molecule has 28 heavy (non-hydrogen) atoms. The van der Waals surface area contributed by atoms with Crippen LogP contribution >= 0.6 is 23.6 Å². The molecule has 2 aromatic carbocycles. The average molecular weight is 409 g/mol. The van der Waals surface area contributed by atoms with Gasteiger partial charge in [0.2, 0.25) is 5.88 Å². The van der Waals surface area contributed by atoms with Crippen molar-refractivity contribution in [3.8, 4) is 11.6 Å². The van der Waals surface area contributed by atoms with Gasteiger partial charge in [0.15, 0.2) is 3.95 Å². The number of hydrogen-bond acceptors (Lipinski definition) is 6. The van der Waals surface area contributed by atoms with Gasteiger partial charge < -0.3 is 5.11 Å². The van der Waals surface area contributed by atoms with Crippen molar-refractivity contribution in [1.82, 2.24) is 4.57 Å². The zero-order valence-corrected chi connectivity index (χ0v) is 16.5. The van der Waals surface area contributed by atoms with Crippen molar-refractivity contribution < 1.29 is 10.0 Å². The van der Waals surface area contributed by atoms with Gasteiger partial charge in [-0.15, -0.1) is 11.3 Å². The summed E-state index contributed by atoms with van der Waals surface area (Å²) < 4.78 is 1.84. The van der Waals surface area contributed by atoms with E-state index in [1.165, 1.54) is 33.6 Å². The summed E-state index contributed by atoms with van der Waals surface area (Å²) in [5.41, 5.74) is 4.42. The number of fused-ring (bicyclic) bond motifs is 1. The van der Waals surface area contributed by atoms with Gasteiger partial charge >= 0.3 is 0 Å². The molecule has 0 radical (unpaired) electrons. The Balaban J connectivity index is 1.80. The molecule has 0 spiro atoms. The zero-order valence-electron chi connectivity index (χ0n) is 14.8. The summed E-state index contributed by atoms with van der Waals surface area (Å²) in [7, 11) is 0. The number of non-ortho nitro benzene ring substituents is 1. The van der Waals surface area contributed by atoms with Gasteiger partial charge in [-0.1, -0.05) is 31.2 Å². The number of aryl methyl sites for hydroxylation is 1. The van der Waals surface area contributed by atoms with E-state index >= 15 is 0 Å². The van der Waals surface area contributed by atoms with Crippen molar-refractivity contribution >= 4 is 52.8 Å². The zero-order chi connectivity index (χ0) is 19.8. The van der Waals surface area contributed by atoms with Crippen LogP contribution in [0.3, 0.4) is 0 Å². The average Bonchev–Trinajstić information content (AvgIpc) is 3.22. The molecule has 1 aromatic heterocycles. The Morgan fingerprint density at radius 2 is 2.11 bits per heavy atom. The van der Waals surface area contributed by atoms with Crippen LogP contribution in [0.25, 0.3) is 17.3 Å². The van der Waals surface area contributed by atoms with Gasteiger partial charge in [0.1, 0.15) is 0 Å². The first kappa shape index (κ1) is 18.3. The molecule has 6 nitrogen and oxygen atoms in total. The van der Waals surface area contributed by atoms with Crippen molar-refractivity contribution in [2.75, 3.05) is 0 Å². The van der Waals surface area contributed by atoms with Crippen molar-refractivity contribution in [2.45, 2.75) is 13.3 Å². The number of allylic oxidation sites excluding steroid dienone is 1. The fourth-order valence-electron chi connectivity index (χ4n) is 3.17. The normalized spacial score (nSPS) is 13.8. The number of aliphatic imine (C=N–C) groups is 1. The van der Waals surface area contributed by atoms with Gasteiger partial charge in [-0.3, -0.25) is 19.7 Å². The molecule has 1 N–H and O–H groups in total. The monoisotopic (exact) mass is 409 g/mol. The number of nitrogens with zero attached hydrogens (tertiary/aromatic N) is 3. The lowest BCUT2D eigenvalue weighted by molar-refractivity contribution is -0.384. The van der Waals surface area contributed by atoms with Gasteiger partial charge in [0.25, 0.3) is 5.69 Å². The topological polar surface area (TPSA) is 80.7 Å². The number of aromatic nitrogens is 1. The van der Waals surface area contributed by atoms with E-state index in [1.54, 1.807) is 18.3 Å². The number of nitro groups is 1. The molecular weight excluding hydrogens is 394 g/mol. The first-order valence-electron chi connectivity index (χ1n) is 8.57. The van der Waals surface area contributed by atoms with E-state index in [1.807, 2.05) is 18.2 Å². The summed E-state index contributed by atoms with van der Waals surface area (Å²) >= 11 is 6.64. The Morgan fingerprint density at radius 3 is 2.86 bits per heavy atom. The minimum atomic E-state index is -0.476. The number of thiazole rings is 1. The summed E-state index contributed by atoms with van der Waals surface area (Å²) in [6.07, 6.45) is 4.52. The summed E-state index contributed by atoms with van der Waals surface area (Å²) in [5.74, 6) is -0.0449. The predicted octanol–water partition coefficient (Wildman–Crippen LogP) is 5.70. The van der Waals surface area contributed by atoms with Crippen LogP contribution in [0.4, 0.5) is 11.4 Å². The van der Waals surface area contributed by atoms with E-state index < -0.39 is 4.92 Å². The number of aromatic hydroxyl groups is 1. The van der Waals surface area contributed by atoms with Crippen LogP contribution in [0.2, 0.25) is 0 Å². The van der Waals surface area contributed by atoms with Crippen LogP contribution in [0.15, 0.2) is 47.5 Å². The third-order valence-corrected chi connectivity index (χ3v) is 5.85. The van der Waals surface area contributed by atoms with E-state index in [9.17, 15) is 15.2 Å². The Kier molecular flexibility index (Phi) is 4.66. The highest BCUT2D eigenvalue weighted by Crippen LogP contribution is 2.39. The number of rotatable bonds is 4. The van der Waals surface area contributed by atoms with Crippen molar-refractivity contribution in [1.29, 1.82) is 0 Å². The number of benzene rings is 2. The van der Waals surface area contributed by atoms with E-state index in [0.717, 1.165) is 23.2 Å². The molecule has 0 bridgehead atoms. The molecule has 0 atom stereocenters. The van der Waals surface area contributed by atoms with E-state index in [0.29, 0.717) is 14.5 Å². The summed E-state index contributed by atoms with van der Waals surface area (Å²) in [6, 6.07) is 12.1. The number of para-hydroxylation sites is 1. The van der Waals surface area contributed by atoms with Crippen LogP contribution in [0, 0.1) is 14.1 Å². The maximum Gasteiger partial charge on any atom is 0.271 e. The fraction of sp³-hybridized carbons (Fsp3) is 0.100. The van der Waals surface area contributed by atoms with Gasteiger partial charge in [-0.2, -0.15) is 0 Å². The van der Waals surface area contributed by atoms with E-state index in [4.69, 9.17) is 12.2 Å². The van der Waals surface area contributed by atoms with Crippen molar-refractivity contribution in [2.24, 2.45) is 4.99 Å². The van der Waals surface area contributed by atoms with Crippen molar-refractivity contribution in [3.63, 3.8) is 0 Å². The highest BCUT2D eigenvalue weighted by Gasteiger charge is 2.18. The molecule has 0 saturated heterocycles. The molecule has 4 rings (SSSR count). The summed E-state index contributed by atoms with van der Waals surface area (Å²) in [6.45, 7) is 2.09. The molecule has 0 unspecified atom stereocenters. The molecule has 0 aliphatic carbocycles.